The molecule has 0 unspecified atom stereocenters. The average molecular weight is 379 g/mol. The molecule has 7 nitrogen and oxygen atoms in total. The number of nitrogens with one attached hydrogen (secondary N) is 2. The van der Waals surface area contributed by atoms with Crippen molar-refractivity contribution in [1.29, 1.82) is 0 Å². The Hall–Kier alpha value is -3.10. The fourth-order valence-electron chi connectivity index (χ4n) is 2.80. The van der Waals surface area contributed by atoms with Gasteiger partial charge in [0.2, 0.25) is 0 Å². The highest BCUT2D eigenvalue weighted by Gasteiger charge is 2.14. The maximum atomic E-state index is 12.5. The van der Waals surface area contributed by atoms with Gasteiger partial charge in [-0.1, -0.05) is 30.3 Å². The van der Waals surface area contributed by atoms with Gasteiger partial charge in [-0.25, -0.2) is 9.97 Å². The van der Waals surface area contributed by atoms with E-state index >= 15 is 0 Å². The highest BCUT2D eigenvalue weighted by atomic mass is 32.1. The van der Waals surface area contributed by atoms with Gasteiger partial charge < -0.3 is 15.4 Å². The smallest absolute Gasteiger partial charge is 0.258 e. The molecule has 0 saturated heterocycles. The number of hydrogen-bond acceptors (Lipinski definition) is 7. The van der Waals surface area contributed by atoms with E-state index in [2.05, 4.69) is 25.3 Å². The number of aromatic nitrogens is 4. The molecule has 1 aromatic carbocycles. The third-order valence-corrected chi connectivity index (χ3v) is 4.82. The number of thiazole rings is 1. The molecule has 8 heteroatoms. The van der Waals surface area contributed by atoms with Crippen LogP contribution < -0.4 is 10.9 Å². The number of hydrogen-bond donors (Lipinski definition) is 3. The van der Waals surface area contributed by atoms with Crippen LogP contribution in [0.15, 0.2) is 52.8 Å². The van der Waals surface area contributed by atoms with Crippen LogP contribution in [-0.4, -0.2) is 38.2 Å². The van der Waals surface area contributed by atoms with Crippen molar-refractivity contribution >= 4 is 27.4 Å². The zero-order chi connectivity index (χ0) is 18.6. The van der Waals surface area contributed by atoms with Gasteiger partial charge in [0.05, 0.1) is 12.0 Å². The summed E-state index contributed by atoms with van der Waals surface area (Å²) in [6.07, 6.45) is 2.12. The summed E-state index contributed by atoms with van der Waals surface area (Å²) < 4.78 is 0. The molecule has 3 aromatic heterocycles. The SMILES string of the molecule is O=c1[nH]c(Cc2ccccc2)nc2c(-c3csc(NCCO)n3)nccc12. The zero-order valence-corrected chi connectivity index (χ0v) is 15.2. The number of pyridine rings is 1. The van der Waals surface area contributed by atoms with E-state index in [1.165, 1.54) is 11.3 Å². The van der Waals surface area contributed by atoms with Crippen LogP contribution >= 0.6 is 11.3 Å². The third kappa shape index (κ3) is 3.71. The summed E-state index contributed by atoms with van der Waals surface area (Å²) in [7, 11) is 0. The van der Waals surface area contributed by atoms with Crippen LogP contribution in [0.5, 0.6) is 0 Å². The van der Waals surface area contributed by atoms with Gasteiger partial charge in [0.15, 0.2) is 5.13 Å². The minimum Gasteiger partial charge on any atom is -0.395 e. The fraction of sp³-hybridized carbons (Fsp3) is 0.158. The molecule has 0 saturated carbocycles. The summed E-state index contributed by atoms with van der Waals surface area (Å²) in [4.78, 5) is 29.0. The van der Waals surface area contributed by atoms with Gasteiger partial charge in [-0.15, -0.1) is 11.3 Å². The lowest BCUT2D eigenvalue weighted by molar-refractivity contribution is 0.311. The second kappa shape index (κ2) is 7.65. The van der Waals surface area contributed by atoms with Gasteiger partial charge in [0.25, 0.3) is 5.56 Å². The summed E-state index contributed by atoms with van der Waals surface area (Å²) in [6, 6.07) is 11.5. The van der Waals surface area contributed by atoms with Crippen LogP contribution in [0, 0.1) is 0 Å². The molecule has 0 radical (unpaired) electrons. The number of fused-ring (bicyclic) bond motifs is 1. The number of aromatic amines is 1. The van der Waals surface area contributed by atoms with Crippen LogP contribution in [0.4, 0.5) is 5.13 Å². The van der Waals surface area contributed by atoms with Crippen molar-refractivity contribution in [3.8, 4) is 11.4 Å². The number of nitrogens with zero attached hydrogens (tertiary/aromatic N) is 3. The van der Waals surface area contributed by atoms with Gasteiger partial charge in [0.1, 0.15) is 22.7 Å². The molecule has 136 valence electrons. The quantitative estimate of drug-likeness (QED) is 0.475. The molecule has 0 spiro atoms. The van der Waals surface area contributed by atoms with Crippen LogP contribution in [0.25, 0.3) is 22.3 Å². The topological polar surface area (TPSA) is 104 Å². The molecular formula is C19H17N5O2S. The van der Waals surface area contributed by atoms with Gasteiger partial charge in [-0.3, -0.25) is 9.78 Å². The van der Waals surface area contributed by atoms with Crippen molar-refractivity contribution in [1.82, 2.24) is 19.9 Å². The predicted octanol–water partition coefficient (Wildman–Crippen LogP) is 2.44. The van der Waals surface area contributed by atoms with Crippen molar-refractivity contribution in [3.63, 3.8) is 0 Å². The molecule has 3 heterocycles. The van der Waals surface area contributed by atoms with Crippen molar-refractivity contribution in [3.05, 3.63) is 69.7 Å². The Balaban J connectivity index is 1.77. The van der Waals surface area contributed by atoms with E-state index in [0.717, 1.165) is 5.56 Å². The lowest BCUT2D eigenvalue weighted by Crippen LogP contribution is -2.13. The first-order chi connectivity index (χ1) is 13.2. The normalized spacial score (nSPS) is 11.0. The number of aliphatic hydroxyl groups is 1. The number of anilines is 1. The van der Waals surface area contributed by atoms with Crippen LogP contribution in [-0.2, 0) is 6.42 Å². The van der Waals surface area contributed by atoms with Crippen LogP contribution in [0.3, 0.4) is 0 Å². The standard InChI is InChI=1S/C19H17N5O2S/c25-9-8-21-19-22-14(11-27-19)17-16-13(6-7-20-17)18(26)24-15(23-16)10-12-4-2-1-3-5-12/h1-7,11,25H,8-10H2,(H,21,22)(H,23,24,26). The summed E-state index contributed by atoms with van der Waals surface area (Å²) in [5.74, 6) is 0.585. The van der Waals surface area contributed by atoms with Crippen molar-refractivity contribution in [2.45, 2.75) is 6.42 Å². The molecule has 3 N–H and O–H groups in total. The van der Waals surface area contributed by atoms with Gasteiger partial charge in [0, 0.05) is 24.5 Å². The fourth-order valence-corrected chi connectivity index (χ4v) is 3.52. The Kier molecular flexibility index (Phi) is 4.91. The zero-order valence-electron chi connectivity index (χ0n) is 14.3. The minimum absolute atomic E-state index is 0.0290. The van der Waals surface area contributed by atoms with Gasteiger partial charge in [-0.05, 0) is 11.6 Å². The van der Waals surface area contributed by atoms with Crippen molar-refractivity contribution in [2.24, 2.45) is 0 Å². The summed E-state index contributed by atoms with van der Waals surface area (Å²) in [6.45, 7) is 0.455. The van der Waals surface area contributed by atoms with Gasteiger partial charge >= 0.3 is 0 Å². The van der Waals surface area contributed by atoms with Crippen LogP contribution in [0.1, 0.15) is 11.4 Å². The van der Waals surface area contributed by atoms with E-state index in [-0.39, 0.29) is 12.2 Å². The molecule has 0 aliphatic heterocycles. The summed E-state index contributed by atoms with van der Waals surface area (Å²) in [5, 5.41) is 15.0. The molecule has 0 atom stereocenters. The van der Waals surface area contributed by atoms with E-state index in [9.17, 15) is 4.79 Å². The maximum absolute atomic E-state index is 12.5. The van der Waals surface area contributed by atoms with E-state index in [0.29, 0.717) is 46.2 Å². The Morgan fingerprint density at radius 2 is 2.00 bits per heavy atom. The first-order valence-electron chi connectivity index (χ1n) is 8.47. The maximum Gasteiger partial charge on any atom is 0.258 e. The van der Waals surface area contributed by atoms with E-state index in [4.69, 9.17) is 5.11 Å². The monoisotopic (exact) mass is 379 g/mol. The molecule has 27 heavy (non-hydrogen) atoms. The minimum atomic E-state index is -0.191. The van der Waals surface area contributed by atoms with Gasteiger partial charge in [-0.2, -0.15) is 0 Å². The molecule has 0 aliphatic rings. The molecule has 0 fully saturated rings. The van der Waals surface area contributed by atoms with Crippen LogP contribution in [0.2, 0.25) is 0 Å². The number of benzene rings is 1. The third-order valence-electron chi connectivity index (χ3n) is 4.02. The van der Waals surface area contributed by atoms with Crippen molar-refractivity contribution in [2.75, 3.05) is 18.5 Å². The lowest BCUT2D eigenvalue weighted by Gasteiger charge is -2.06. The first-order valence-corrected chi connectivity index (χ1v) is 9.35. The van der Waals surface area contributed by atoms with E-state index in [1.807, 2.05) is 35.7 Å². The molecule has 4 rings (SSSR count). The molecule has 0 bridgehead atoms. The van der Waals surface area contributed by atoms with E-state index < -0.39 is 0 Å². The lowest BCUT2D eigenvalue weighted by atomic mass is 10.1. The Bertz CT molecular complexity index is 1120. The average Bonchev–Trinajstić information content (AvgIpc) is 3.15. The second-order valence-corrected chi connectivity index (χ2v) is 6.78. The summed E-state index contributed by atoms with van der Waals surface area (Å²) >= 11 is 1.42. The Morgan fingerprint density at radius 1 is 1.15 bits per heavy atom. The van der Waals surface area contributed by atoms with Crippen molar-refractivity contribution < 1.29 is 5.11 Å². The first kappa shape index (κ1) is 17.3. The molecule has 0 amide bonds. The Morgan fingerprint density at radius 3 is 2.81 bits per heavy atom. The highest BCUT2D eigenvalue weighted by molar-refractivity contribution is 7.14. The Labute approximate surface area is 158 Å². The number of aliphatic hydroxyl groups excluding tert-OH is 1. The summed E-state index contributed by atoms with van der Waals surface area (Å²) in [5.41, 5.74) is 2.63. The molecule has 0 aliphatic carbocycles. The predicted molar refractivity (Wildman–Crippen MR) is 106 cm³/mol. The number of rotatable bonds is 6. The van der Waals surface area contributed by atoms with E-state index in [1.54, 1.807) is 12.3 Å². The highest BCUT2D eigenvalue weighted by Crippen LogP contribution is 2.27. The molecule has 4 aromatic rings. The second-order valence-electron chi connectivity index (χ2n) is 5.92. The largest absolute Gasteiger partial charge is 0.395 e. The molecular weight excluding hydrogens is 362 g/mol. The number of H-pyrrole nitrogens is 1.